The van der Waals surface area contributed by atoms with Crippen molar-refractivity contribution >= 4 is 13.6 Å². The molecule has 10 nitrogen and oxygen atoms in total. The van der Waals surface area contributed by atoms with Crippen LogP contribution < -0.4 is 0 Å². The van der Waals surface area contributed by atoms with E-state index in [1.54, 1.807) is 0 Å². The lowest BCUT2D eigenvalue weighted by Crippen LogP contribution is -2.54. The van der Waals surface area contributed by atoms with Crippen molar-refractivity contribution in [1.29, 1.82) is 0 Å². The molecule has 0 N–H and O–H groups in total. The molecule has 0 aromatic rings. The molecule has 0 saturated carbocycles. The fourth-order valence-corrected chi connectivity index (χ4v) is 3.46. The number of carbonyl (C=O) groups is 2. The van der Waals surface area contributed by atoms with Crippen molar-refractivity contribution in [3.8, 4) is 0 Å². The SMILES string of the molecule is C.C=O.C=O.CCOCCC[N+]1(CCCOCC)CCOCCOCCOCCOCCOCC1. The Bertz CT molecular complexity index is 358. The van der Waals surface area contributed by atoms with E-state index in [4.69, 9.17) is 42.7 Å². The molecule has 35 heavy (non-hydrogen) atoms. The third kappa shape index (κ3) is 25.9. The summed E-state index contributed by atoms with van der Waals surface area (Å²) in [5.41, 5.74) is 0. The van der Waals surface area contributed by atoms with E-state index in [0.29, 0.717) is 66.1 Å². The lowest BCUT2D eigenvalue weighted by Gasteiger charge is -2.39. The Morgan fingerprint density at radius 1 is 0.571 bits per heavy atom. The van der Waals surface area contributed by atoms with Crippen LogP contribution in [0.2, 0.25) is 0 Å². The predicted octanol–water partition coefficient (Wildman–Crippen LogP) is 2.02. The molecule has 0 amide bonds. The molecule has 0 aromatic heterocycles. The van der Waals surface area contributed by atoms with Gasteiger partial charge in [-0.25, -0.2) is 0 Å². The van der Waals surface area contributed by atoms with Gasteiger partial charge in [-0.3, -0.25) is 0 Å². The second-order valence-corrected chi connectivity index (χ2v) is 7.40. The van der Waals surface area contributed by atoms with Crippen LogP contribution in [0.3, 0.4) is 0 Å². The normalized spacial score (nSPS) is 18.2. The summed E-state index contributed by atoms with van der Waals surface area (Å²) in [6.07, 6.45) is 2.07. The quantitative estimate of drug-likeness (QED) is 0.321. The fourth-order valence-electron chi connectivity index (χ4n) is 3.46. The zero-order valence-corrected chi connectivity index (χ0v) is 21.7. The minimum Gasteiger partial charge on any atom is -0.382 e. The second kappa shape index (κ2) is 33.0. The van der Waals surface area contributed by atoms with Gasteiger partial charge in [0, 0.05) is 26.1 Å². The second-order valence-electron chi connectivity index (χ2n) is 7.40. The number of quaternary nitrogens is 1. The summed E-state index contributed by atoms with van der Waals surface area (Å²) in [7, 11) is 0. The third-order valence-electron chi connectivity index (χ3n) is 5.16. The van der Waals surface area contributed by atoms with Gasteiger partial charge >= 0.3 is 0 Å². The van der Waals surface area contributed by atoms with E-state index in [9.17, 15) is 0 Å². The van der Waals surface area contributed by atoms with Crippen molar-refractivity contribution in [3.63, 3.8) is 0 Å². The van der Waals surface area contributed by atoms with Gasteiger partial charge in [0.25, 0.3) is 0 Å². The van der Waals surface area contributed by atoms with Crippen molar-refractivity contribution in [2.24, 2.45) is 0 Å². The first kappa shape index (κ1) is 38.5. The standard InChI is InChI=1S/C22H46NO7.2CH2O.CH4/c1-3-24-11-5-7-23(8-6-12-25-4-2)9-13-26-15-17-28-19-21-30-22-20-29-18-16-27-14-10-23;2*1-2;/h3-22H2,1-2H3;2*1H2;1H4/q+1;;;. The molecule has 0 atom stereocenters. The topological polar surface area (TPSA) is 98.8 Å². The molecule has 1 rings (SSSR count). The minimum atomic E-state index is 0. The molecule has 10 heteroatoms. The van der Waals surface area contributed by atoms with E-state index in [-0.39, 0.29) is 7.43 Å². The van der Waals surface area contributed by atoms with Crippen LogP contribution in [0.5, 0.6) is 0 Å². The highest BCUT2D eigenvalue weighted by molar-refractivity contribution is 5.11. The van der Waals surface area contributed by atoms with E-state index in [0.717, 1.165) is 69.9 Å². The molecular formula is C25H54NO9+. The molecule has 0 radical (unpaired) electrons. The summed E-state index contributed by atoms with van der Waals surface area (Å²) in [5.74, 6) is 0. The van der Waals surface area contributed by atoms with E-state index < -0.39 is 0 Å². The van der Waals surface area contributed by atoms with Crippen LogP contribution in [0.15, 0.2) is 0 Å². The van der Waals surface area contributed by atoms with Crippen LogP contribution in [0.4, 0.5) is 0 Å². The largest absolute Gasteiger partial charge is 0.382 e. The van der Waals surface area contributed by atoms with Gasteiger partial charge in [0.1, 0.15) is 26.7 Å². The number of hydrogen-bond acceptors (Lipinski definition) is 9. The number of nitrogens with zero attached hydrogens (tertiary/aromatic N) is 1. The Morgan fingerprint density at radius 3 is 1.14 bits per heavy atom. The molecule has 0 bridgehead atoms. The fraction of sp³-hybridized carbons (Fsp3) is 0.920. The first-order chi connectivity index (χ1) is 16.8. The molecule has 212 valence electrons. The first-order valence-corrected chi connectivity index (χ1v) is 12.3. The summed E-state index contributed by atoms with van der Waals surface area (Å²) in [6, 6.07) is 0. The predicted molar refractivity (Wildman–Crippen MR) is 137 cm³/mol. The van der Waals surface area contributed by atoms with E-state index in [2.05, 4.69) is 0 Å². The Hall–Kier alpha value is -0.980. The van der Waals surface area contributed by atoms with Gasteiger partial charge < -0.3 is 47.2 Å². The zero-order chi connectivity index (χ0) is 25.6. The highest BCUT2D eigenvalue weighted by Crippen LogP contribution is 2.11. The van der Waals surface area contributed by atoms with Gasteiger partial charge in [-0.1, -0.05) is 7.43 Å². The Balaban J connectivity index is -0.00000194. The van der Waals surface area contributed by atoms with Crippen molar-refractivity contribution in [2.75, 3.05) is 119 Å². The van der Waals surface area contributed by atoms with Gasteiger partial charge in [0.05, 0.1) is 92.4 Å². The van der Waals surface area contributed by atoms with Crippen molar-refractivity contribution in [1.82, 2.24) is 0 Å². The van der Waals surface area contributed by atoms with Gasteiger partial charge in [0.2, 0.25) is 0 Å². The molecule has 1 saturated heterocycles. The van der Waals surface area contributed by atoms with Gasteiger partial charge in [0.15, 0.2) is 0 Å². The molecule has 0 aliphatic carbocycles. The summed E-state index contributed by atoms with van der Waals surface area (Å²) >= 11 is 0. The van der Waals surface area contributed by atoms with E-state index in [1.165, 1.54) is 0 Å². The Kier molecular flexibility index (Phi) is 36.4. The maximum absolute atomic E-state index is 8.00. The van der Waals surface area contributed by atoms with Crippen LogP contribution in [0.25, 0.3) is 0 Å². The maximum Gasteiger partial charge on any atom is 0.106 e. The highest BCUT2D eigenvalue weighted by Gasteiger charge is 2.26. The molecule has 0 spiro atoms. The molecular weight excluding hydrogens is 458 g/mol. The zero-order valence-electron chi connectivity index (χ0n) is 21.7. The van der Waals surface area contributed by atoms with Crippen LogP contribution in [-0.4, -0.2) is 137 Å². The van der Waals surface area contributed by atoms with Crippen LogP contribution in [0, 0.1) is 0 Å². The van der Waals surface area contributed by atoms with Crippen LogP contribution >= 0.6 is 0 Å². The number of rotatable bonds is 10. The molecule has 1 fully saturated rings. The average Bonchev–Trinajstić information content (AvgIpc) is 2.88. The highest BCUT2D eigenvalue weighted by atomic mass is 16.6. The van der Waals surface area contributed by atoms with Crippen LogP contribution in [-0.2, 0) is 42.7 Å². The maximum atomic E-state index is 8.00. The van der Waals surface area contributed by atoms with Crippen molar-refractivity contribution in [2.45, 2.75) is 34.1 Å². The Labute approximate surface area is 214 Å². The smallest absolute Gasteiger partial charge is 0.106 e. The summed E-state index contributed by atoms with van der Waals surface area (Å²) < 4.78 is 40.5. The van der Waals surface area contributed by atoms with Crippen molar-refractivity contribution < 1.29 is 47.2 Å². The molecule has 1 aliphatic heterocycles. The molecule has 1 aliphatic rings. The summed E-state index contributed by atoms with van der Waals surface area (Å²) in [5, 5.41) is 0. The third-order valence-corrected chi connectivity index (χ3v) is 5.16. The Morgan fingerprint density at radius 2 is 0.857 bits per heavy atom. The monoisotopic (exact) mass is 512 g/mol. The summed E-state index contributed by atoms with van der Waals surface area (Å²) in [4.78, 5) is 16.0. The molecule has 1 heterocycles. The van der Waals surface area contributed by atoms with Gasteiger partial charge in [-0.15, -0.1) is 0 Å². The summed E-state index contributed by atoms with van der Waals surface area (Å²) in [6.45, 7) is 21.4. The van der Waals surface area contributed by atoms with Crippen molar-refractivity contribution in [3.05, 3.63) is 0 Å². The van der Waals surface area contributed by atoms with Gasteiger partial charge in [-0.2, -0.15) is 0 Å². The van der Waals surface area contributed by atoms with Gasteiger partial charge in [-0.05, 0) is 13.8 Å². The average molecular weight is 513 g/mol. The number of hydrogen-bond donors (Lipinski definition) is 0. The van der Waals surface area contributed by atoms with E-state index >= 15 is 0 Å². The lowest BCUT2D eigenvalue weighted by molar-refractivity contribution is -0.929. The first-order valence-electron chi connectivity index (χ1n) is 12.3. The number of carbonyl (C=O) groups excluding carboxylic acids is 2. The molecule has 0 unspecified atom stereocenters. The minimum absolute atomic E-state index is 0. The molecule has 0 aromatic carbocycles. The van der Waals surface area contributed by atoms with E-state index in [1.807, 2.05) is 27.4 Å². The lowest BCUT2D eigenvalue weighted by atomic mass is 10.2. The number of ether oxygens (including phenoxy) is 7. The van der Waals surface area contributed by atoms with Crippen LogP contribution in [0.1, 0.15) is 34.1 Å².